The zero-order valence-corrected chi connectivity index (χ0v) is 10.1. The number of pyridine rings is 1. The van der Waals surface area contributed by atoms with Gasteiger partial charge in [0.2, 0.25) is 0 Å². The van der Waals surface area contributed by atoms with Crippen molar-refractivity contribution in [1.82, 2.24) is 4.98 Å². The van der Waals surface area contributed by atoms with Crippen molar-refractivity contribution >= 4 is 5.97 Å². The van der Waals surface area contributed by atoms with Gasteiger partial charge in [0, 0.05) is 0 Å². The normalized spacial score (nSPS) is 11.8. The average molecular weight is 301 g/mol. The maximum Gasteiger partial charge on any atom is 0.418 e. The van der Waals surface area contributed by atoms with E-state index in [1.807, 2.05) is 0 Å². The van der Waals surface area contributed by atoms with Crippen LogP contribution in [0.15, 0.2) is 6.07 Å². The molecule has 0 amide bonds. The topological polar surface area (TPSA) is 39.2 Å². The van der Waals surface area contributed by atoms with Gasteiger partial charge in [-0.2, -0.15) is 13.2 Å². The van der Waals surface area contributed by atoms with E-state index in [2.05, 4.69) is 9.72 Å². The highest BCUT2D eigenvalue weighted by atomic mass is 19.4. The number of alkyl halides is 5. The van der Waals surface area contributed by atoms with Gasteiger partial charge < -0.3 is 4.74 Å². The second kappa shape index (κ2) is 6.10. The van der Waals surface area contributed by atoms with Gasteiger partial charge in [-0.3, -0.25) is 4.79 Å². The van der Waals surface area contributed by atoms with Gasteiger partial charge >= 0.3 is 12.1 Å². The SMILES string of the molecule is CCOC(=O)Cc1nc(C(F)F)c(F)cc1C(F)(F)F. The smallest absolute Gasteiger partial charge is 0.418 e. The van der Waals surface area contributed by atoms with Crippen LogP contribution in [0.1, 0.15) is 30.3 Å². The van der Waals surface area contributed by atoms with Crippen LogP contribution in [0.3, 0.4) is 0 Å². The minimum atomic E-state index is -5.02. The van der Waals surface area contributed by atoms with E-state index < -0.39 is 47.8 Å². The van der Waals surface area contributed by atoms with Gasteiger partial charge in [0.25, 0.3) is 6.43 Å². The summed E-state index contributed by atoms with van der Waals surface area (Å²) < 4.78 is 80.4. The maximum atomic E-state index is 13.1. The minimum absolute atomic E-state index is 0.0942. The van der Waals surface area contributed by atoms with Gasteiger partial charge in [-0.25, -0.2) is 18.2 Å². The molecule has 0 aliphatic heterocycles. The largest absolute Gasteiger partial charge is 0.466 e. The molecule has 0 atom stereocenters. The Hall–Kier alpha value is -1.80. The number of esters is 1. The number of aromatic nitrogens is 1. The Morgan fingerprint density at radius 3 is 2.45 bits per heavy atom. The van der Waals surface area contributed by atoms with Gasteiger partial charge in [-0.1, -0.05) is 0 Å². The number of hydrogen-bond donors (Lipinski definition) is 0. The van der Waals surface area contributed by atoms with E-state index in [0.717, 1.165) is 0 Å². The van der Waals surface area contributed by atoms with E-state index in [4.69, 9.17) is 0 Å². The molecular weight excluding hydrogens is 292 g/mol. The molecule has 1 aromatic rings. The predicted molar refractivity (Wildman–Crippen MR) is 54.5 cm³/mol. The Morgan fingerprint density at radius 2 is 2.00 bits per heavy atom. The van der Waals surface area contributed by atoms with Crippen LogP contribution in [-0.4, -0.2) is 17.6 Å². The van der Waals surface area contributed by atoms with Crippen LogP contribution in [0.5, 0.6) is 0 Å². The number of carbonyl (C=O) groups excluding carboxylic acids is 1. The number of hydrogen-bond acceptors (Lipinski definition) is 3. The summed E-state index contributed by atoms with van der Waals surface area (Å²) in [4.78, 5) is 14.1. The first-order chi connectivity index (χ1) is 9.16. The third-order valence-corrected chi connectivity index (χ3v) is 2.21. The molecule has 0 fully saturated rings. The lowest BCUT2D eigenvalue weighted by molar-refractivity contribution is -0.143. The van der Waals surface area contributed by atoms with E-state index in [1.54, 1.807) is 0 Å². The highest BCUT2D eigenvalue weighted by Crippen LogP contribution is 2.34. The van der Waals surface area contributed by atoms with Gasteiger partial charge in [0.15, 0.2) is 5.82 Å². The lowest BCUT2D eigenvalue weighted by Crippen LogP contribution is -2.18. The monoisotopic (exact) mass is 301 g/mol. The molecule has 9 heteroatoms. The van der Waals surface area contributed by atoms with Gasteiger partial charge in [-0.05, 0) is 13.0 Å². The van der Waals surface area contributed by atoms with Gasteiger partial charge in [-0.15, -0.1) is 0 Å². The van der Waals surface area contributed by atoms with Crippen molar-refractivity contribution in [3.8, 4) is 0 Å². The summed E-state index contributed by atoms with van der Waals surface area (Å²) >= 11 is 0. The summed E-state index contributed by atoms with van der Waals surface area (Å²) in [6, 6.07) is -0.0942. The molecule has 112 valence electrons. The fourth-order valence-electron chi connectivity index (χ4n) is 1.42. The van der Waals surface area contributed by atoms with Crippen molar-refractivity contribution in [2.45, 2.75) is 25.9 Å². The number of carbonyl (C=O) groups is 1. The Balaban J connectivity index is 3.29. The molecular formula is C11H9F6NO2. The number of nitrogens with zero attached hydrogens (tertiary/aromatic N) is 1. The van der Waals surface area contributed by atoms with E-state index in [-0.39, 0.29) is 12.7 Å². The maximum absolute atomic E-state index is 13.1. The fourth-order valence-corrected chi connectivity index (χ4v) is 1.42. The van der Waals surface area contributed by atoms with Crippen LogP contribution in [-0.2, 0) is 22.1 Å². The summed E-state index contributed by atoms with van der Waals surface area (Å²) in [5.41, 5.74) is -4.00. The third kappa shape index (κ3) is 3.84. The molecule has 0 unspecified atom stereocenters. The molecule has 20 heavy (non-hydrogen) atoms. The summed E-state index contributed by atoms with van der Waals surface area (Å²) in [7, 11) is 0. The Labute approximate surface area is 109 Å². The molecule has 1 rings (SSSR count). The van der Waals surface area contributed by atoms with E-state index >= 15 is 0 Å². The van der Waals surface area contributed by atoms with Crippen molar-refractivity contribution in [2.75, 3.05) is 6.61 Å². The third-order valence-electron chi connectivity index (χ3n) is 2.21. The fraction of sp³-hybridized carbons (Fsp3) is 0.455. The molecule has 0 saturated heterocycles. The molecule has 1 aromatic heterocycles. The zero-order chi connectivity index (χ0) is 15.5. The van der Waals surface area contributed by atoms with E-state index in [0.29, 0.717) is 0 Å². The number of ether oxygens (including phenoxy) is 1. The lowest BCUT2D eigenvalue weighted by Gasteiger charge is -2.13. The highest BCUT2D eigenvalue weighted by molar-refractivity contribution is 5.72. The van der Waals surface area contributed by atoms with E-state index in [1.165, 1.54) is 6.92 Å². The zero-order valence-electron chi connectivity index (χ0n) is 10.1. The molecule has 0 aromatic carbocycles. The molecule has 0 aliphatic carbocycles. The van der Waals surface area contributed by atoms with Crippen LogP contribution < -0.4 is 0 Å². The predicted octanol–water partition coefficient (Wildman–Crippen LogP) is 3.28. The molecule has 0 aliphatic rings. The first-order valence-electron chi connectivity index (χ1n) is 5.37. The average Bonchev–Trinajstić information content (AvgIpc) is 2.29. The molecule has 0 radical (unpaired) electrons. The summed E-state index contributed by atoms with van der Waals surface area (Å²) in [6.45, 7) is 1.33. The molecule has 3 nitrogen and oxygen atoms in total. The van der Waals surface area contributed by atoms with Gasteiger partial charge in [0.05, 0.1) is 24.3 Å². The van der Waals surface area contributed by atoms with Crippen molar-refractivity contribution in [1.29, 1.82) is 0 Å². The minimum Gasteiger partial charge on any atom is -0.466 e. The van der Waals surface area contributed by atoms with Gasteiger partial charge in [0.1, 0.15) is 5.69 Å². The molecule has 0 N–H and O–H groups in total. The van der Waals surface area contributed by atoms with Crippen LogP contribution in [0.2, 0.25) is 0 Å². The molecule has 0 bridgehead atoms. The van der Waals surface area contributed by atoms with Crippen LogP contribution >= 0.6 is 0 Å². The van der Waals surface area contributed by atoms with Crippen LogP contribution in [0.25, 0.3) is 0 Å². The Bertz CT molecular complexity index is 500. The highest BCUT2D eigenvalue weighted by Gasteiger charge is 2.37. The number of rotatable bonds is 4. The Morgan fingerprint density at radius 1 is 1.40 bits per heavy atom. The van der Waals surface area contributed by atoms with Crippen molar-refractivity contribution < 1.29 is 35.9 Å². The quantitative estimate of drug-likeness (QED) is 0.633. The van der Waals surface area contributed by atoms with Crippen molar-refractivity contribution in [3.05, 3.63) is 28.8 Å². The molecule has 0 saturated carbocycles. The summed E-state index contributed by atoms with van der Waals surface area (Å²) in [6.07, 6.45) is -9.38. The second-order valence-corrected chi connectivity index (χ2v) is 3.63. The van der Waals surface area contributed by atoms with E-state index in [9.17, 15) is 31.1 Å². The lowest BCUT2D eigenvalue weighted by atomic mass is 10.1. The summed E-state index contributed by atoms with van der Waals surface area (Å²) in [5, 5.41) is 0. The van der Waals surface area contributed by atoms with Crippen molar-refractivity contribution in [2.24, 2.45) is 0 Å². The second-order valence-electron chi connectivity index (χ2n) is 3.63. The molecule has 0 spiro atoms. The van der Waals surface area contributed by atoms with Crippen molar-refractivity contribution in [3.63, 3.8) is 0 Å². The van der Waals surface area contributed by atoms with Crippen LogP contribution in [0.4, 0.5) is 26.3 Å². The first-order valence-corrected chi connectivity index (χ1v) is 5.37. The Kier molecular flexibility index (Phi) is 4.96. The standard InChI is InChI=1S/C11H9F6NO2/c1-2-20-8(19)4-7-5(11(15,16)17)3-6(12)9(18-7)10(13)14/h3,10H,2,4H2,1H3. The molecule has 1 heterocycles. The number of halogens is 6. The van der Waals surface area contributed by atoms with Crippen LogP contribution in [0, 0.1) is 5.82 Å². The first kappa shape index (κ1) is 16.3. The summed E-state index contributed by atoms with van der Waals surface area (Å²) in [5.74, 6) is -2.85.